The third-order valence-corrected chi connectivity index (χ3v) is 3.55. The molecule has 0 bridgehead atoms. The average molecular weight is 304 g/mol. The SMILES string of the molecule is COCCN(CCC(N)=NO)Cc1c(Cl)c(C)nn1C. The van der Waals surface area contributed by atoms with Crippen molar-refractivity contribution in [1.29, 1.82) is 0 Å². The Bertz CT molecular complexity index is 461. The zero-order chi connectivity index (χ0) is 15.1. The molecule has 1 aromatic heterocycles. The predicted molar refractivity (Wildman–Crippen MR) is 78.1 cm³/mol. The summed E-state index contributed by atoms with van der Waals surface area (Å²) in [6, 6.07) is 0. The van der Waals surface area contributed by atoms with Crippen LogP contribution in [0.3, 0.4) is 0 Å². The number of methoxy groups -OCH3 is 1. The summed E-state index contributed by atoms with van der Waals surface area (Å²) in [6.45, 7) is 4.50. The van der Waals surface area contributed by atoms with Gasteiger partial charge in [-0.1, -0.05) is 16.8 Å². The second-order valence-electron chi connectivity index (χ2n) is 4.58. The van der Waals surface area contributed by atoms with Gasteiger partial charge in [0.25, 0.3) is 0 Å². The molecule has 3 N–H and O–H groups in total. The molecule has 0 spiro atoms. The minimum Gasteiger partial charge on any atom is -0.409 e. The van der Waals surface area contributed by atoms with Crippen LogP contribution in [0.2, 0.25) is 5.02 Å². The number of rotatable bonds is 8. The molecule has 0 atom stereocenters. The summed E-state index contributed by atoms with van der Waals surface area (Å²) in [7, 11) is 3.52. The van der Waals surface area contributed by atoms with Crippen molar-refractivity contribution in [2.45, 2.75) is 19.9 Å². The van der Waals surface area contributed by atoms with Crippen LogP contribution < -0.4 is 5.73 Å². The Morgan fingerprint density at radius 2 is 2.25 bits per heavy atom. The number of aryl methyl sites for hydroxylation is 2. The Hall–Kier alpha value is -1.31. The van der Waals surface area contributed by atoms with Crippen LogP contribution in [-0.4, -0.2) is 52.5 Å². The van der Waals surface area contributed by atoms with Crippen molar-refractivity contribution >= 4 is 17.4 Å². The van der Waals surface area contributed by atoms with E-state index < -0.39 is 0 Å². The number of ether oxygens (including phenoxy) is 1. The maximum Gasteiger partial charge on any atom is 0.140 e. The molecule has 0 radical (unpaired) electrons. The van der Waals surface area contributed by atoms with Gasteiger partial charge in [-0.2, -0.15) is 5.10 Å². The molecule has 0 aromatic carbocycles. The molecular weight excluding hydrogens is 282 g/mol. The van der Waals surface area contributed by atoms with E-state index in [-0.39, 0.29) is 5.84 Å². The molecule has 1 heterocycles. The van der Waals surface area contributed by atoms with Gasteiger partial charge in [-0.15, -0.1) is 0 Å². The van der Waals surface area contributed by atoms with Gasteiger partial charge in [-0.3, -0.25) is 9.58 Å². The van der Waals surface area contributed by atoms with Crippen LogP contribution in [0.15, 0.2) is 5.16 Å². The van der Waals surface area contributed by atoms with E-state index in [0.29, 0.717) is 31.1 Å². The topological polar surface area (TPSA) is 88.9 Å². The maximum absolute atomic E-state index is 8.59. The first-order valence-electron chi connectivity index (χ1n) is 6.35. The minimum absolute atomic E-state index is 0.208. The number of hydrogen-bond donors (Lipinski definition) is 2. The molecule has 7 nitrogen and oxygen atoms in total. The summed E-state index contributed by atoms with van der Waals surface area (Å²) in [6.07, 6.45) is 0.481. The van der Waals surface area contributed by atoms with Crippen LogP contribution >= 0.6 is 11.6 Å². The van der Waals surface area contributed by atoms with E-state index in [4.69, 9.17) is 27.3 Å². The number of nitrogens with two attached hydrogens (primary N) is 1. The Kier molecular flexibility index (Phi) is 6.77. The van der Waals surface area contributed by atoms with Gasteiger partial charge in [0.05, 0.1) is 23.0 Å². The highest BCUT2D eigenvalue weighted by molar-refractivity contribution is 6.31. The third kappa shape index (κ3) is 4.66. The number of nitrogens with zero attached hydrogens (tertiary/aromatic N) is 4. The Morgan fingerprint density at radius 1 is 1.55 bits per heavy atom. The second-order valence-corrected chi connectivity index (χ2v) is 4.96. The highest BCUT2D eigenvalue weighted by Gasteiger charge is 2.15. The molecule has 8 heteroatoms. The fourth-order valence-electron chi connectivity index (χ4n) is 1.88. The Labute approximate surface area is 123 Å². The van der Waals surface area contributed by atoms with Crippen LogP contribution in [0.25, 0.3) is 0 Å². The second kappa shape index (κ2) is 8.08. The van der Waals surface area contributed by atoms with Crippen molar-refractivity contribution in [3.05, 3.63) is 16.4 Å². The number of amidine groups is 1. The molecule has 0 aliphatic heterocycles. The van der Waals surface area contributed by atoms with Crippen molar-refractivity contribution in [3.63, 3.8) is 0 Å². The quantitative estimate of drug-likeness (QED) is 0.323. The molecule has 0 saturated heterocycles. The van der Waals surface area contributed by atoms with E-state index in [0.717, 1.165) is 17.9 Å². The van der Waals surface area contributed by atoms with E-state index in [9.17, 15) is 0 Å². The zero-order valence-electron chi connectivity index (χ0n) is 12.1. The highest BCUT2D eigenvalue weighted by Crippen LogP contribution is 2.20. The van der Waals surface area contributed by atoms with Crippen molar-refractivity contribution in [1.82, 2.24) is 14.7 Å². The molecule has 0 fully saturated rings. The van der Waals surface area contributed by atoms with E-state index in [1.54, 1.807) is 11.8 Å². The van der Waals surface area contributed by atoms with Crippen molar-refractivity contribution in [2.75, 3.05) is 26.8 Å². The molecule has 0 aliphatic rings. The molecule has 20 heavy (non-hydrogen) atoms. The van der Waals surface area contributed by atoms with E-state index >= 15 is 0 Å². The molecule has 114 valence electrons. The Morgan fingerprint density at radius 3 is 2.75 bits per heavy atom. The predicted octanol–water partition coefficient (Wildman–Crippen LogP) is 0.967. The first kappa shape index (κ1) is 16.7. The summed E-state index contributed by atoms with van der Waals surface area (Å²) in [5, 5.41) is 16.5. The summed E-state index contributed by atoms with van der Waals surface area (Å²) in [4.78, 5) is 2.13. The maximum atomic E-state index is 8.59. The van der Waals surface area contributed by atoms with Crippen molar-refractivity contribution in [3.8, 4) is 0 Å². The van der Waals surface area contributed by atoms with Gasteiger partial charge in [-0.05, 0) is 6.92 Å². The molecule has 1 rings (SSSR count). The molecule has 0 unspecified atom stereocenters. The van der Waals surface area contributed by atoms with E-state index in [1.807, 2.05) is 14.0 Å². The number of aromatic nitrogens is 2. The lowest BCUT2D eigenvalue weighted by Gasteiger charge is -2.21. The van der Waals surface area contributed by atoms with E-state index in [1.165, 1.54) is 0 Å². The minimum atomic E-state index is 0.208. The lowest BCUT2D eigenvalue weighted by atomic mass is 10.3. The van der Waals surface area contributed by atoms with Crippen LogP contribution in [0, 0.1) is 6.92 Å². The molecule has 0 amide bonds. The fourth-order valence-corrected chi connectivity index (χ4v) is 2.10. The Balaban J connectivity index is 2.72. The van der Waals surface area contributed by atoms with Gasteiger partial charge in [0.2, 0.25) is 0 Å². The van der Waals surface area contributed by atoms with Gasteiger partial charge < -0.3 is 15.7 Å². The van der Waals surface area contributed by atoms with Gasteiger partial charge in [-0.25, -0.2) is 0 Å². The molecule has 1 aromatic rings. The normalized spacial score (nSPS) is 12.3. The van der Waals surface area contributed by atoms with Crippen LogP contribution in [-0.2, 0) is 18.3 Å². The highest BCUT2D eigenvalue weighted by atomic mass is 35.5. The summed E-state index contributed by atoms with van der Waals surface area (Å²) in [5.41, 5.74) is 7.26. The smallest absolute Gasteiger partial charge is 0.140 e. The lowest BCUT2D eigenvalue weighted by molar-refractivity contribution is 0.144. The lowest BCUT2D eigenvalue weighted by Crippen LogP contribution is -2.31. The van der Waals surface area contributed by atoms with Gasteiger partial charge >= 0.3 is 0 Å². The molecule has 0 saturated carbocycles. The molecule has 0 aliphatic carbocycles. The van der Waals surface area contributed by atoms with Crippen LogP contribution in [0.1, 0.15) is 17.8 Å². The number of hydrogen-bond acceptors (Lipinski definition) is 5. The monoisotopic (exact) mass is 303 g/mol. The van der Waals surface area contributed by atoms with E-state index in [2.05, 4.69) is 15.2 Å². The van der Waals surface area contributed by atoms with Gasteiger partial charge in [0.1, 0.15) is 5.84 Å². The summed E-state index contributed by atoms with van der Waals surface area (Å²) in [5.74, 6) is 0.208. The zero-order valence-corrected chi connectivity index (χ0v) is 12.9. The largest absolute Gasteiger partial charge is 0.409 e. The first-order valence-corrected chi connectivity index (χ1v) is 6.73. The summed E-state index contributed by atoms with van der Waals surface area (Å²) >= 11 is 6.25. The van der Waals surface area contributed by atoms with Gasteiger partial charge in [0, 0.05) is 40.2 Å². The third-order valence-electron chi connectivity index (χ3n) is 3.06. The van der Waals surface area contributed by atoms with Crippen LogP contribution in [0.4, 0.5) is 0 Å². The van der Waals surface area contributed by atoms with Crippen molar-refractivity contribution < 1.29 is 9.94 Å². The van der Waals surface area contributed by atoms with Crippen LogP contribution in [0.5, 0.6) is 0 Å². The number of oxime groups is 1. The van der Waals surface area contributed by atoms with Gasteiger partial charge in [0.15, 0.2) is 0 Å². The fraction of sp³-hybridized carbons (Fsp3) is 0.667. The first-order chi connectivity index (χ1) is 9.49. The molecular formula is C12H22ClN5O2. The average Bonchev–Trinajstić information content (AvgIpc) is 2.67. The summed E-state index contributed by atoms with van der Waals surface area (Å²) < 4.78 is 6.88. The van der Waals surface area contributed by atoms with Crippen molar-refractivity contribution in [2.24, 2.45) is 17.9 Å². The number of halogens is 1. The standard InChI is InChI=1S/C12H22ClN5O2/c1-9-12(13)10(17(2)15-9)8-18(6-7-20-3)5-4-11(14)16-19/h19H,4-8H2,1-3H3,(H2,14,16).